The molecule has 0 fully saturated rings. The lowest BCUT2D eigenvalue weighted by Crippen LogP contribution is -2.16. The summed E-state index contributed by atoms with van der Waals surface area (Å²) >= 11 is 0. The van der Waals surface area contributed by atoms with Crippen molar-refractivity contribution in [2.75, 3.05) is 5.32 Å². The van der Waals surface area contributed by atoms with Gasteiger partial charge >= 0.3 is 0 Å². The molecule has 3 rings (SSSR count). The lowest BCUT2D eigenvalue weighted by Gasteiger charge is -2.09. The van der Waals surface area contributed by atoms with Crippen LogP contribution < -0.4 is 5.32 Å². The summed E-state index contributed by atoms with van der Waals surface area (Å²) in [6.45, 7) is 2.29. The molecule has 3 aromatic rings. The van der Waals surface area contributed by atoms with Crippen LogP contribution in [0.2, 0.25) is 0 Å². The maximum Gasteiger partial charge on any atom is 0.258 e. The first-order chi connectivity index (χ1) is 11.1. The predicted octanol–water partition coefficient (Wildman–Crippen LogP) is 3.03. The van der Waals surface area contributed by atoms with Crippen LogP contribution in [0, 0.1) is 12.7 Å². The minimum Gasteiger partial charge on any atom is -0.307 e. The Balaban J connectivity index is 1.80. The monoisotopic (exact) mass is 310 g/mol. The van der Waals surface area contributed by atoms with Crippen molar-refractivity contribution in [3.63, 3.8) is 0 Å². The SMILES string of the molecule is Cc1cc(NC(=O)c2cccnc2)n(Cc2ccc(F)cc2)n1. The first-order valence-electron chi connectivity index (χ1n) is 7.12. The zero-order valence-corrected chi connectivity index (χ0v) is 12.5. The number of halogens is 1. The van der Waals surface area contributed by atoms with Crippen molar-refractivity contribution in [1.29, 1.82) is 0 Å². The third-order valence-corrected chi connectivity index (χ3v) is 3.31. The number of hydrogen-bond acceptors (Lipinski definition) is 3. The molecule has 1 N–H and O–H groups in total. The number of anilines is 1. The van der Waals surface area contributed by atoms with Crippen molar-refractivity contribution < 1.29 is 9.18 Å². The van der Waals surface area contributed by atoms with Crippen molar-refractivity contribution >= 4 is 11.7 Å². The number of amides is 1. The van der Waals surface area contributed by atoms with Gasteiger partial charge in [-0.05, 0) is 36.8 Å². The second-order valence-electron chi connectivity index (χ2n) is 5.15. The Hall–Kier alpha value is -3.02. The molecule has 0 radical (unpaired) electrons. The number of carbonyl (C=O) groups excluding carboxylic acids is 1. The van der Waals surface area contributed by atoms with Crippen molar-refractivity contribution in [2.24, 2.45) is 0 Å². The lowest BCUT2D eigenvalue weighted by molar-refractivity contribution is 0.102. The third kappa shape index (κ3) is 3.60. The summed E-state index contributed by atoms with van der Waals surface area (Å²) < 4.78 is 14.7. The van der Waals surface area contributed by atoms with Gasteiger partial charge < -0.3 is 5.32 Å². The summed E-state index contributed by atoms with van der Waals surface area (Å²) in [5.74, 6) is 0.0505. The summed E-state index contributed by atoms with van der Waals surface area (Å²) in [6, 6.07) is 11.4. The minimum atomic E-state index is -0.282. The van der Waals surface area contributed by atoms with Gasteiger partial charge in [-0.15, -0.1) is 0 Å². The van der Waals surface area contributed by atoms with E-state index >= 15 is 0 Å². The minimum absolute atomic E-state index is 0.252. The number of carbonyl (C=O) groups is 1. The predicted molar refractivity (Wildman–Crippen MR) is 84.7 cm³/mol. The van der Waals surface area contributed by atoms with Gasteiger partial charge in [0, 0.05) is 18.5 Å². The lowest BCUT2D eigenvalue weighted by atomic mass is 10.2. The Morgan fingerprint density at radius 1 is 1.26 bits per heavy atom. The van der Waals surface area contributed by atoms with Gasteiger partial charge in [-0.2, -0.15) is 5.10 Å². The van der Waals surface area contributed by atoms with Crippen LogP contribution in [0.3, 0.4) is 0 Å². The van der Waals surface area contributed by atoms with Crippen molar-refractivity contribution in [3.05, 3.63) is 77.5 Å². The highest BCUT2D eigenvalue weighted by molar-refractivity contribution is 6.03. The van der Waals surface area contributed by atoms with Crippen LogP contribution in [-0.2, 0) is 6.54 Å². The normalized spacial score (nSPS) is 10.5. The molecule has 0 aliphatic carbocycles. The van der Waals surface area contributed by atoms with Gasteiger partial charge in [-0.25, -0.2) is 9.07 Å². The summed E-state index contributed by atoms with van der Waals surface area (Å²) in [7, 11) is 0. The first kappa shape index (κ1) is 14.9. The summed E-state index contributed by atoms with van der Waals surface area (Å²) in [4.78, 5) is 16.2. The molecule has 116 valence electrons. The molecule has 0 bridgehead atoms. The van der Waals surface area contributed by atoms with E-state index in [1.807, 2.05) is 6.92 Å². The van der Waals surface area contributed by atoms with E-state index < -0.39 is 0 Å². The Bertz CT molecular complexity index is 812. The maximum absolute atomic E-state index is 13.0. The average Bonchev–Trinajstić information content (AvgIpc) is 2.89. The molecular weight excluding hydrogens is 295 g/mol. The highest BCUT2D eigenvalue weighted by atomic mass is 19.1. The van der Waals surface area contributed by atoms with E-state index in [0.717, 1.165) is 11.3 Å². The third-order valence-electron chi connectivity index (χ3n) is 3.31. The van der Waals surface area contributed by atoms with Crippen LogP contribution in [-0.4, -0.2) is 20.7 Å². The van der Waals surface area contributed by atoms with E-state index in [-0.39, 0.29) is 11.7 Å². The number of aromatic nitrogens is 3. The number of nitrogens with zero attached hydrogens (tertiary/aromatic N) is 3. The molecule has 5 nitrogen and oxygen atoms in total. The van der Waals surface area contributed by atoms with Gasteiger partial charge in [0.2, 0.25) is 0 Å². The maximum atomic E-state index is 13.0. The molecule has 0 saturated carbocycles. The fourth-order valence-corrected chi connectivity index (χ4v) is 2.21. The van der Waals surface area contributed by atoms with Crippen LogP contribution in [0.15, 0.2) is 54.9 Å². The second kappa shape index (κ2) is 6.39. The zero-order chi connectivity index (χ0) is 16.2. The van der Waals surface area contributed by atoms with Crippen molar-refractivity contribution in [1.82, 2.24) is 14.8 Å². The Morgan fingerprint density at radius 3 is 2.74 bits per heavy atom. The molecule has 0 aliphatic heterocycles. The average molecular weight is 310 g/mol. The number of hydrogen-bond donors (Lipinski definition) is 1. The Labute approximate surface area is 132 Å². The van der Waals surface area contributed by atoms with E-state index in [9.17, 15) is 9.18 Å². The molecule has 1 aromatic carbocycles. The zero-order valence-electron chi connectivity index (χ0n) is 12.5. The molecule has 2 aromatic heterocycles. The van der Waals surface area contributed by atoms with Crippen molar-refractivity contribution in [3.8, 4) is 0 Å². The fourth-order valence-electron chi connectivity index (χ4n) is 2.21. The Morgan fingerprint density at radius 2 is 2.04 bits per heavy atom. The van der Waals surface area contributed by atoms with Crippen molar-refractivity contribution in [2.45, 2.75) is 13.5 Å². The van der Waals surface area contributed by atoms with Gasteiger partial charge in [0.1, 0.15) is 11.6 Å². The standard InChI is InChI=1S/C17H15FN4O/c1-12-9-16(20-17(23)14-3-2-8-19-10-14)22(21-12)11-13-4-6-15(18)7-5-13/h2-10H,11H2,1H3,(H,20,23). The number of aryl methyl sites for hydroxylation is 1. The van der Waals surface area contributed by atoms with Gasteiger partial charge in [-0.3, -0.25) is 9.78 Å². The van der Waals surface area contributed by atoms with E-state index in [4.69, 9.17) is 0 Å². The van der Waals surface area contributed by atoms with E-state index in [2.05, 4.69) is 15.4 Å². The summed E-state index contributed by atoms with van der Waals surface area (Å²) in [5, 5.41) is 7.19. The highest BCUT2D eigenvalue weighted by Gasteiger charge is 2.11. The molecule has 6 heteroatoms. The molecule has 0 aliphatic rings. The molecule has 0 saturated heterocycles. The smallest absolute Gasteiger partial charge is 0.258 e. The van der Waals surface area contributed by atoms with Gasteiger partial charge in [0.25, 0.3) is 5.91 Å². The van der Waals surface area contributed by atoms with Crippen LogP contribution in [0.5, 0.6) is 0 Å². The number of nitrogens with one attached hydrogen (secondary N) is 1. The van der Waals surface area contributed by atoms with Crippen LogP contribution in [0.1, 0.15) is 21.6 Å². The quantitative estimate of drug-likeness (QED) is 0.806. The summed E-state index contributed by atoms with van der Waals surface area (Å²) in [6.07, 6.45) is 3.11. The fraction of sp³-hybridized carbons (Fsp3) is 0.118. The topological polar surface area (TPSA) is 59.8 Å². The second-order valence-corrected chi connectivity index (χ2v) is 5.15. The molecular formula is C17H15FN4O. The van der Waals surface area contributed by atoms with Crippen LogP contribution in [0.4, 0.5) is 10.2 Å². The number of benzene rings is 1. The molecule has 0 unspecified atom stereocenters. The van der Waals surface area contributed by atoms with Crippen LogP contribution in [0.25, 0.3) is 0 Å². The molecule has 1 amide bonds. The number of pyridine rings is 1. The number of rotatable bonds is 4. The van der Waals surface area contributed by atoms with E-state index in [0.29, 0.717) is 17.9 Å². The van der Waals surface area contributed by atoms with E-state index in [1.54, 1.807) is 41.2 Å². The first-order valence-corrected chi connectivity index (χ1v) is 7.12. The molecule has 23 heavy (non-hydrogen) atoms. The van der Waals surface area contributed by atoms with Crippen LogP contribution >= 0.6 is 0 Å². The van der Waals surface area contributed by atoms with Gasteiger partial charge in [0.15, 0.2) is 0 Å². The molecule has 0 spiro atoms. The van der Waals surface area contributed by atoms with E-state index in [1.165, 1.54) is 18.3 Å². The summed E-state index contributed by atoms with van der Waals surface area (Å²) in [5.41, 5.74) is 2.15. The highest BCUT2D eigenvalue weighted by Crippen LogP contribution is 2.14. The molecule has 2 heterocycles. The largest absolute Gasteiger partial charge is 0.307 e. The molecule has 0 atom stereocenters. The Kier molecular flexibility index (Phi) is 4.14. The van der Waals surface area contributed by atoms with Gasteiger partial charge in [0.05, 0.1) is 17.8 Å². The van der Waals surface area contributed by atoms with Gasteiger partial charge in [-0.1, -0.05) is 12.1 Å².